The first-order valence-corrected chi connectivity index (χ1v) is 23.7. The average molecular weight is 923 g/mol. The molecule has 0 atom stereocenters. The molecule has 0 saturated carbocycles. The lowest BCUT2D eigenvalue weighted by atomic mass is 9.58. The molecule has 44 radical (unpaired) electrons. The van der Waals surface area contributed by atoms with Crippen LogP contribution in [-0.4, -0.2) is 183 Å². The molecule has 2 heterocycles. The highest BCUT2D eigenvalue weighted by Crippen LogP contribution is 2.47. The van der Waals surface area contributed by atoms with Crippen LogP contribution < -0.4 is 120 Å². The van der Waals surface area contributed by atoms with Gasteiger partial charge in [-0.25, -0.2) is 9.97 Å². The van der Waals surface area contributed by atoms with Crippen molar-refractivity contribution in [2.24, 2.45) is 0 Å². The highest BCUT2D eigenvalue weighted by atomic mass is 16.3. The van der Waals surface area contributed by atoms with E-state index < -0.39 is 10.8 Å². The van der Waals surface area contributed by atoms with Crippen LogP contribution in [0.1, 0.15) is 49.9 Å². The van der Waals surface area contributed by atoms with Gasteiger partial charge in [0.25, 0.3) is 0 Å². The van der Waals surface area contributed by atoms with Crippen LogP contribution in [0.5, 0.6) is 0 Å². The lowest BCUT2D eigenvalue weighted by molar-refractivity contribution is 0.667. The summed E-state index contributed by atoms with van der Waals surface area (Å²) in [5, 5.41) is 0.480. The zero-order valence-corrected chi connectivity index (χ0v) is 42.3. The summed E-state index contributed by atoms with van der Waals surface area (Å²) >= 11 is 0. The van der Waals surface area contributed by atoms with Gasteiger partial charge in [-0.05, 0) is 95.6 Å². The first kappa shape index (κ1) is 53.8. The fourth-order valence-corrected chi connectivity index (χ4v) is 12.4. The van der Waals surface area contributed by atoms with Crippen LogP contribution in [0.25, 0.3) is 89.0 Å². The molecule has 0 bridgehead atoms. The minimum Gasteiger partial charge on any atom is -0.452 e. The highest BCUT2D eigenvalue weighted by Gasteiger charge is 2.43. The second kappa shape index (κ2) is 17.7. The Morgan fingerprint density at radius 2 is 0.623 bits per heavy atom. The molecule has 2 aliphatic rings. The summed E-state index contributed by atoms with van der Waals surface area (Å²) < 4.78 is 6.54. The third kappa shape index (κ3) is 6.82. The number of nitrogens with zero attached hydrogens (tertiary/aromatic N) is 2. The van der Waals surface area contributed by atoms with E-state index >= 15 is 0 Å². The number of furan rings is 1. The third-order valence-corrected chi connectivity index (χ3v) is 16.1. The summed E-state index contributed by atoms with van der Waals surface area (Å²) in [6.45, 7) is 7.58. The van der Waals surface area contributed by atoms with E-state index in [-0.39, 0.29) is 165 Å². The standard InChI is InChI=1S/C52H16B22N2O/c1-51(2)22-13(15-24(51)40(67)46(73)44(71)33(15)60)31(58)35(62)19(28(22)55)17-26(53)12(30(57)42(69)37(17)64)9-5-6-11-10(7-9)48-50(77-11)49(76-8-75-48)21-27(54)18(38(65)43(70)39(21)66)20-29(56)23-14(32(59)36(20)63)16-25(52(23,3)4)41(68)47(74)45(72)34(16)61/h5-8H,1-4H3. The number of hydrogen-bond acceptors (Lipinski definition) is 3. The molecule has 0 spiro atoms. The topological polar surface area (TPSA) is 38.9 Å². The molecule has 0 amide bonds. The number of rotatable bonds is 4. The summed E-state index contributed by atoms with van der Waals surface area (Å²) in [4.78, 5) is 9.29. The van der Waals surface area contributed by atoms with E-state index in [1.54, 1.807) is 18.2 Å². The summed E-state index contributed by atoms with van der Waals surface area (Å²) in [6, 6.07) is 5.17. The number of aromatic nitrogens is 2. The van der Waals surface area contributed by atoms with Crippen molar-refractivity contribution >= 4 is 315 Å². The monoisotopic (exact) mass is 926 g/mol. The van der Waals surface area contributed by atoms with Crippen molar-refractivity contribution in [2.45, 2.75) is 38.5 Å². The van der Waals surface area contributed by atoms with Gasteiger partial charge in [0.2, 0.25) is 0 Å². The van der Waals surface area contributed by atoms with Gasteiger partial charge in [-0.1, -0.05) is 121 Å². The van der Waals surface area contributed by atoms with Gasteiger partial charge in [-0.15, -0.1) is 32.8 Å². The summed E-state index contributed by atoms with van der Waals surface area (Å²) in [5.41, 5.74) is 6.42. The molecule has 306 valence electrons. The minimum atomic E-state index is -0.949. The Morgan fingerprint density at radius 1 is 0.312 bits per heavy atom. The van der Waals surface area contributed by atoms with Crippen molar-refractivity contribution in [3.8, 4) is 66.9 Å². The van der Waals surface area contributed by atoms with E-state index in [0.29, 0.717) is 66.6 Å². The molecule has 3 nitrogen and oxygen atoms in total. The molecule has 25 heteroatoms. The van der Waals surface area contributed by atoms with Crippen molar-refractivity contribution in [1.29, 1.82) is 0 Å². The van der Waals surface area contributed by atoms with Crippen molar-refractivity contribution in [3.05, 3.63) is 46.8 Å². The van der Waals surface area contributed by atoms with E-state index in [0.717, 1.165) is 0 Å². The Balaban J connectivity index is 1.09. The molecule has 0 unspecified atom stereocenters. The Hall–Kier alpha value is -5.15. The number of hydrogen-bond donors (Lipinski definition) is 0. The first-order chi connectivity index (χ1) is 36.0. The lowest BCUT2D eigenvalue weighted by Gasteiger charge is -2.31. The average Bonchev–Trinajstić information content (AvgIpc) is 4.09. The predicted octanol–water partition coefficient (Wildman–Crippen LogP) is -12.9. The van der Waals surface area contributed by atoms with Crippen molar-refractivity contribution < 1.29 is 4.42 Å². The Labute approximate surface area is 478 Å². The molecule has 0 aliphatic heterocycles. The Kier molecular flexibility index (Phi) is 12.4. The van der Waals surface area contributed by atoms with Gasteiger partial charge in [-0.3, -0.25) is 0 Å². The Bertz CT molecular complexity index is 4310. The van der Waals surface area contributed by atoms with Crippen LogP contribution in [0.15, 0.2) is 28.9 Å². The molecular formula is C52H16B22N2O. The molecule has 2 aromatic heterocycles. The molecule has 0 fully saturated rings. The van der Waals surface area contributed by atoms with E-state index in [1.807, 2.05) is 27.7 Å². The fourth-order valence-electron chi connectivity index (χ4n) is 12.4. The van der Waals surface area contributed by atoms with Gasteiger partial charge in [0.05, 0.1) is 0 Å². The van der Waals surface area contributed by atoms with Crippen LogP contribution in [-0.2, 0) is 10.8 Å². The van der Waals surface area contributed by atoms with Crippen molar-refractivity contribution in [1.82, 2.24) is 9.97 Å². The first-order valence-electron chi connectivity index (χ1n) is 23.7. The maximum atomic E-state index is 7.18. The molecule has 9 aromatic rings. The van der Waals surface area contributed by atoms with E-state index in [2.05, 4.69) is 9.97 Å². The second-order valence-corrected chi connectivity index (χ2v) is 20.8. The van der Waals surface area contributed by atoms with Crippen LogP contribution >= 0.6 is 0 Å². The molecule has 0 N–H and O–H groups in total. The predicted molar refractivity (Wildman–Crippen MR) is 345 cm³/mol. The van der Waals surface area contributed by atoms with Gasteiger partial charge in [0.1, 0.15) is 196 Å². The lowest BCUT2D eigenvalue weighted by Crippen LogP contribution is -2.51. The van der Waals surface area contributed by atoms with Gasteiger partial charge in [0, 0.05) is 16.2 Å². The maximum Gasteiger partial charge on any atom is 0.180 e. The molecule has 7 aromatic carbocycles. The molecule has 2 aliphatic carbocycles. The zero-order valence-electron chi connectivity index (χ0n) is 42.3. The van der Waals surface area contributed by atoms with Gasteiger partial charge >= 0.3 is 0 Å². The van der Waals surface area contributed by atoms with E-state index in [9.17, 15) is 0 Å². The Morgan fingerprint density at radius 3 is 1.06 bits per heavy atom. The van der Waals surface area contributed by atoms with Gasteiger partial charge < -0.3 is 4.42 Å². The van der Waals surface area contributed by atoms with Gasteiger partial charge in [-0.2, -0.15) is 0 Å². The van der Waals surface area contributed by atoms with E-state index in [1.165, 1.54) is 6.33 Å². The molecule has 11 rings (SSSR count). The SMILES string of the molecule is [B]c1c([B])c(-c2ccc3oc4c(-c5c([B])c([B])c([B])c(-c6c([B])c([B])c7c(c6[B])C(C)(C)c6c([B])c([B])c([B])c([B])c6-7)c5[B])ncnc4c3c2)c([B])c(-c2c([B])c([B])c3c(c2[B])C(C)(C)c2c([B])c([B])c([B])c([B])c2-3)c1[B]. The molecule has 0 saturated heterocycles. The van der Waals surface area contributed by atoms with Gasteiger partial charge in [0.15, 0.2) is 5.58 Å². The third-order valence-electron chi connectivity index (χ3n) is 16.1. The smallest absolute Gasteiger partial charge is 0.180 e. The molecule has 77 heavy (non-hydrogen) atoms. The largest absolute Gasteiger partial charge is 0.452 e. The summed E-state index contributed by atoms with van der Waals surface area (Å²) in [7, 11) is 149. The quantitative estimate of drug-likeness (QED) is 0.165. The van der Waals surface area contributed by atoms with Crippen molar-refractivity contribution in [3.63, 3.8) is 0 Å². The fraction of sp³-hybridized carbons (Fsp3) is 0.115. The molecular weight excluding hydrogens is 906 g/mol. The second-order valence-electron chi connectivity index (χ2n) is 20.8. The normalized spacial score (nSPS) is 13.8. The van der Waals surface area contributed by atoms with Crippen LogP contribution in [0.2, 0.25) is 0 Å². The van der Waals surface area contributed by atoms with Crippen LogP contribution in [0.3, 0.4) is 0 Å². The maximum absolute atomic E-state index is 7.18. The van der Waals surface area contributed by atoms with Crippen molar-refractivity contribution in [2.75, 3.05) is 0 Å². The zero-order chi connectivity index (χ0) is 56.2. The summed E-state index contributed by atoms with van der Waals surface area (Å²) in [6.07, 6.45) is 1.31. The van der Waals surface area contributed by atoms with Crippen LogP contribution in [0.4, 0.5) is 0 Å². The summed E-state index contributed by atoms with van der Waals surface area (Å²) in [5.74, 6) is 0. The van der Waals surface area contributed by atoms with E-state index in [4.69, 9.17) is 177 Å². The highest BCUT2D eigenvalue weighted by molar-refractivity contribution is 6.70. The minimum absolute atomic E-state index is 0.00321. The number of fused-ring (bicyclic) bond motifs is 9. The van der Waals surface area contributed by atoms with Crippen LogP contribution in [0, 0.1) is 0 Å². The number of benzene rings is 7.